The molecule has 1 aliphatic heterocycles. The van der Waals surface area contributed by atoms with E-state index in [1.54, 1.807) is 0 Å². The van der Waals surface area contributed by atoms with Gasteiger partial charge in [-0.05, 0) is 51.5 Å². The number of rotatable bonds is 1. The van der Waals surface area contributed by atoms with Crippen molar-refractivity contribution in [1.82, 2.24) is 9.80 Å². The fourth-order valence-electron chi connectivity index (χ4n) is 3.87. The minimum absolute atomic E-state index is 0.132. The number of likely N-dealkylation sites (N-methyl/N-ethyl adjacent to an activating group) is 1. The van der Waals surface area contributed by atoms with Gasteiger partial charge in [0, 0.05) is 31.2 Å². The number of aliphatic hydroxyl groups is 1. The first-order valence-electron chi connectivity index (χ1n) is 8.24. The van der Waals surface area contributed by atoms with Crippen LogP contribution in [0.3, 0.4) is 0 Å². The first-order chi connectivity index (χ1) is 9.11. The summed E-state index contributed by atoms with van der Waals surface area (Å²) in [5, 5.41) is 10.5. The molecule has 3 unspecified atom stereocenters. The Bertz CT molecular complexity index is 334. The molecule has 3 heteroatoms. The molecule has 1 heterocycles. The monoisotopic (exact) mass is 282 g/mol. The molecule has 0 spiro atoms. The summed E-state index contributed by atoms with van der Waals surface area (Å²) in [6.45, 7) is 14.9. The minimum atomic E-state index is -0.132. The van der Waals surface area contributed by atoms with Gasteiger partial charge in [-0.25, -0.2) is 0 Å². The lowest BCUT2D eigenvalue weighted by Gasteiger charge is -2.51. The molecule has 2 rings (SSSR count). The fraction of sp³-hybridized carbons (Fsp3) is 1.00. The van der Waals surface area contributed by atoms with Gasteiger partial charge in [-0.1, -0.05) is 20.8 Å². The van der Waals surface area contributed by atoms with E-state index in [-0.39, 0.29) is 11.6 Å². The SMILES string of the molecule is CN1CCN(C2CC(C(C)(C)C)CCC2O)CC1(C)C. The lowest BCUT2D eigenvalue weighted by molar-refractivity contribution is -0.0580. The summed E-state index contributed by atoms with van der Waals surface area (Å²) >= 11 is 0. The van der Waals surface area contributed by atoms with E-state index >= 15 is 0 Å². The van der Waals surface area contributed by atoms with Gasteiger partial charge < -0.3 is 5.11 Å². The van der Waals surface area contributed by atoms with Gasteiger partial charge in [0.15, 0.2) is 0 Å². The van der Waals surface area contributed by atoms with Gasteiger partial charge in [0.25, 0.3) is 0 Å². The molecule has 1 saturated heterocycles. The molecule has 1 N–H and O–H groups in total. The second-order valence-electron chi connectivity index (χ2n) is 8.72. The lowest BCUT2D eigenvalue weighted by atomic mass is 9.69. The summed E-state index contributed by atoms with van der Waals surface area (Å²) in [4.78, 5) is 5.00. The van der Waals surface area contributed by atoms with Gasteiger partial charge in [0.05, 0.1) is 6.10 Å². The second-order valence-corrected chi connectivity index (χ2v) is 8.72. The van der Waals surface area contributed by atoms with Gasteiger partial charge in [-0.2, -0.15) is 0 Å². The molecule has 0 aromatic heterocycles. The van der Waals surface area contributed by atoms with Crippen molar-refractivity contribution in [1.29, 1.82) is 0 Å². The summed E-state index contributed by atoms with van der Waals surface area (Å²) in [7, 11) is 2.21. The second kappa shape index (κ2) is 5.58. The Balaban J connectivity index is 2.06. The number of hydrogen-bond acceptors (Lipinski definition) is 3. The highest BCUT2D eigenvalue weighted by Gasteiger charge is 2.41. The van der Waals surface area contributed by atoms with Gasteiger partial charge in [-0.15, -0.1) is 0 Å². The smallest absolute Gasteiger partial charge is 0.0695 e. The molecule has 2 aliphatic rings. The maximum atomic E-state index is 10.5. The van der Waals surface area contributed by atoms with Crippen LogP contribution in [-0.2, 0) is 0 Å². The Kier molecular flexibility index (Phi) is 4.54. The van der Waals surface area contributed by atoms with E-state index in [1.807, 2.05) is 0 Å². The lowest BCUT2D eigenvalue weighted by Crippen LogP contribution is -2.62. The Morgan fingerprint density at radius 2 is 1.75 bits per heavy atom. The van der Waals surface area contributed by atoms with Crippen LogP contribution >= 0.6 is 0 Å². The van der Waals surface area contributed by atoms with E-state index in [9.17, 15) is 5.11 Å². The molecule has 1 saturated carbocycles. The van der Waals surface area contributed by atoms with Crippen molar-refractivity contribution in [3.63, 3.8) is 0 Å². The van der Waals surface area contributed by atoms with E-state index < -0.39 is 0 Å². The van der Waals surface area contributed by atoms with Crippen molar-refractivity contribution in [2.45, 2.75) is 71.6 Å². The van der Waals surface area contributed by atoms with Crippen molar-refractivity contribution in [2.75, 3.05) is 26.7 Å². The average molecular weight is 282 g/mol. The molecule has 118 valence electrons. The first kappa shape index (κ1) is 16.3. The largest absolute Gasteiger partial charge is 0.391 e. The summed E-state index contributed by atoms with van der Waals surface area (Å²) in [6.07, 6.45) is 3.18. The van der Waals surface area contributed by atoms with E-state index in [1.165, 1.54) is 6.42 Å². The van der Waals surface area contributed by atoms with E-state index in [4.69, 9.17) is 0 Å². The molecular weight excluding hydrogens is 248 g/mol. The van der Waals surface area contributed by atoms with Crippen molar-refractivity contribution in [3.05, 3.63) is 0 Å². The number of nitrogens with zero attached hydrogens (tertiary/aromatic N) is 2. The van der Waals surface area contributed by atoms with Gasteiger partial charge in [0.1, 0.15) is 0 Å². The standard InChI is InChI=1S/C17H34N2O/c1-16(2,3)13-7-8-15(20)14(11-13)19-10-9-18(6)17(4,5)12-19/h13-15,20H,7-12H2,1-6H3. The fourth-order valence-corrected chi connectivity index (χ4v) is 3.87. The molecule has 0 aromatic carbocycles. The Morgan fingerprint density at radius 1 is 1.10 bits per heavy atom. The topological polar surface area (TPSA) is 26.7 Å². The normalized spacial score (nSPS) is 37.0. The van der Waals surface area contributed by atoms with Crippen molar-refractivity contribution >= 4 is 0 Å². The maximum absolute atomic E-state index is 10.5. The van der Waals surface area contributed by atoms with E-state index in [0.717, 1.165) is 38.4 Å². The third-order valence-corrected chi connectivity index (χ3v) is 5.82. The summed E-state index contributed by atoms with van der Waals surface area (Å²) in [5.74, 6) is 0.735. The highest BCUT2D eigenvalue weighted by Crippen LogP contribution is 2.40. The summed E-state index contributed by atoms with van der Waals surface area (Å²) in [5.41, 5.74) is 0.577. The molecule has 3 atom stereocenters. The van der Waals surface area contributed by atoms with Crippen LogP contribution in [0.15, 0.2) is 0 Å². The minimum Gasteiger partial charge on any atom is -0.391 e. The molecule has 0 aromatic rings. The van der Waals surface area contributed by atoms with Crippen LogP contribution in [0.1, 0.15) is 53.9 Å². The van der Waals surface area contributed by atoms with Gasteiger partial charge >= 0.3 is 0 Å². The third kappa shape index (κ3) is 3.37. The van der Waals surface area contributed by atoms with Crippen LogP contribution in [0.2, 0.25) is 0 Å². The first-order valence-corrected chi connectivity index (χ1v) is 8.24. The average Bonchev–Trinajstić information content (AvgIpc) is 2.32. The number of aliphatic hydroxyl groups excluding tert-OH is 1. The molecule has 0 bridgehead atoms. The Hall–Kier alpha value is -0.120. The molecule has 3 nitrogen and oxygen atoms in total. The van der Waals surface area contributed by atoms with Crippen LogP contribution in [-0.4, -0.2) is 59.3 Å². The number of hydrogen-bond donors (Lipinski definition) is 1. The van der Waals surface area contributed by atoms with Crippen LogP contribution in [0.5, 0.6) is 0 Å². The summed E-state index contributed by atoms with van der Waals surface area (Å²) in [6, 6.07) is 0.362. The number of piperazine rings is 1. The molecule has 1 aliphatic carbocycles. The third-order valence-electron chi connectivity index (χ3n) is 5.82. The van der Waals surface area contributed by atoms with Crippen LogP contribution in [0.4, 0.5) is 0 Å². The van der Waals surface area contributed by atoms with Crippen molar-refractivity contribution in [3.8, 4) is 0 Å². The zero-order valence-corrected chi connectivity index (χ0v) is 14.3. The van der Waals surface area contributed by atoms with Crippen LogP contribution < -0.4 is 0 Å². The Morgan fingerprint density at radius 3 is 2.30 bits per heavy atom. The molecule has 0 amide bonds. The van der Waals surface area contributed by atoms with E-state index in [2.05, 4.69) is 51.5 Å². The molecular formula is C17H34N2O. The highest BCUT2D eigenvalue weighted by molar-refractivity contribution is 4.96. The zero-order valence-electron chi connectivity index (χ0n) is 14.3. The molecule has 2 fully saturated rings. The predicted octanol–water partition coefficient (Wildman–Crippen LogP) is 2.59. The van der Waals surface area contributed by atoms with Gasteiger partial charge in [0.2, 0.25) is 0 Å². The highest BCUT2D eigenvalue weighted by atomic mass is 16.3. The molecule has 0 radical (unpaired) electrons. The van der Waals surface area contributed by atoms with E-state index in [0.29, 0.717) is 11.5 Å². The Labute approximate surface area is 125 Å². The van der Waals surface area contributed by atoms with Crippen molar-refractivity contribution in [2.24, 2.45) is 11.3 Å². The van der Waals surface area contributed by atoms with Gasteiger partial charge in [-0.3, -0.25) is 9.80 Å². The van der Waals surface area contributed by atoms with Crippen LogP contribution in [0, 0.1) is 11.3 Å². The quantitative estimate of drug-likeness (QED) is 0.801. The summed E-state index contributed by atoms with van der Waals surface area (Å²) < 4.78 is 0. The zero-order chi connectivity index (χ0) is 15.1. The maximum Gasteiger partial charge on any atom is 0.0695 e. The van der Waals surface area contributed by atoms with Crippen LogP contribution in [0.25, 0.3) is 0 Å². The molecule has 20 heavy (non-hydrogen) atoms. The predicted molar refractivity (Wildman–Crippen MR) is 84.9 cm³/mol. The van der Waals surface area contributed by atoms with Crippen molar-refractivity contribution < 1.29 is 5.11 Å².